The van der Waals surface area contributed by atoms with Gasteiger partial charge in [-0.2, -0.15) is 0 Å². The van der Waals surface area contributed by atoms with E-state index in [4.69, 9.17) is 0 Å². The highest BCUT2D eigenvalue weighted by molar-refractivity contribution is 5.92. The van der Waals surface area contributed by atoms with E-state index < -0.39 is 0 Å². The van der Waals surface area contributed by atoms with Gasteiger partial charge in [0.2, 0.25) is 11.9 Å². The SMILES string of the molecule is CCc1c(C)nc(NC2CCN(CC(=O)Nc3ccc(C(C)C)cc3)CC2)[nH]c1=O. The van der Waals surface area contributed by atoms with Gasteiger partial charge in [-0.05, 0) is 49.8 Å². The molecule has 3 rings (SSSR count). The molecule has 0 aliphatic carbocycles. The van der Waals surface area contributed by atoms with Crippen LogP contribution in [0.5, 0.6) is 0 Å². The van der Waals surface area contributed by atoms with Crippen LogP contribution < -0.4 is 16.2 Å². The highest BCUT2D eigenvalue weighted by atomic mass is 16.2. The highest BCUT2D eigenvalue weighted by Gasteiger charge is 2.21. The van der Waals surface area contributed by atoms with Crippen LogP contribution in [0.2, 0.25) is 0 Å². The first-order chi connectivity index (χ1) is 14.4. The maximum atomic E-state index is 12.4. The van der Waals surface area contributed by atoms with E-state index in [2.05, 4.69) is 51.5 Å². The predicted octanol–water partition coefficient (Wildman–Crippen LogP) is 3.28. The molecule has 0 bridgehead atoms. The third-order valence-electron chi connectivity index (χ3n) is 5.73. The molecule has 1 aromatic heterocycles. The zero-order valence-corrected chi connectivity index (χ0v) is 18.4. The molecular formula is C23H33N5O2. The van der Waals surface area contributed by atoms with E-state index in [0.29, 0.717) is 24.8 Å². The fourth-order valence-electron chi connectivity index (χ4n) is 3.88. The summed E-state index contributed by atoms with van der Waals surface area (Å²) < 4.78 is 0. The molecule has 1 aliphatic heterocycles. The Labute approximate surface area is 178 Å². The lowest BCUT2D eigenvalue weighted by atomic mass is 10.0. The van der Waals surface area contributed by atoms with Gasteiger partial charge >= 0.3 is 0 Å². The number of carbonyl (C=O) groups is 1. The maximum Gasteiger partial charge on any atom is 0.255 e. The molecule has 3 N–H and O–H groups in total. The Morgan fingerprint density at radius 3 is 2.47 bits per heavy atom. The van der Waals surface area contributed by atoms with Crippen LogP contribution in [0.15, 0.2) is 29.1 Å². The molecule has 2 heterocycles. The van der Waals surface area contributed by atoms with E-state index in [1.165, 1.54) is 5.56 Å². The number of amides is 1. The van der Waals surface area contributed by atoms with Crippen molar-refractivity contribution in [1.82, 2.24) is 14.9 Å². The predicted molar refractivity (Wildman–Crippen MR) is 121 cm³/mol. The van der Waals surface area contributed by atoms with Crippen LogP contribution in [0.25, 0.3) is 0 Å². The molecule has 7 nitrogen and oxygen atoms in total. The molecule has 1 fully saturated rings. The molecule has 0 unspecified atom stereocenters. The van der Waals surface area contributed by atoms with E-state index in [9.17, 15) is 9.59 Å². The monoisotopic (exact) mass is 411 g/mol. The van der Waals surface area contributed by atoms with Gasteiger partial charge in [-0.15, -0.1) is 0 Å². The average molecular weight is 412 g/mol. The molecule has 1 aliphatic rings. The number of H-pyrrole nitrogens is 1. The van der Waals surface area contributed by atoms with Gasteiger partial charge in [-0.25, -0.2) is 4.98 Å². The zero-order chi connectivity index (χ0) is 21.7. The fraction of sp³-hybridized carbons (Fsp3) is 0.522. The molecule has 2 aromatic rings. The van der Waals surface area contributed by atoms with E-state index in [1.807, 2.05) is 26.0 Å². The van der Waals surface area contributed by atoms with Crippen LogP contribution in [0.4, 0.5) is 11.6 Å². The summed E-state index contributed by atoms with van der Waals surface area (Å²) in [6, 6.07) is 8.28. The normalized spacial score (nSPS) is 15.4. The molecule has 30 heavy (non-hydrogen) atoms. The number of likely N-dealkylation sites (tertiary alicyclic amines) is 1. The third kappa shape index (κ3) is 5.69. The van der Waals surface area contributed by atoms with Gasteiger partial charge in [0.1, 0.15) is 0 Å². The second-order valence-corrected chi connectivity index (χ2v) is 8.35. The Balaban J connectivity index is 1.46. The minimum atomic E-state index is -0.0666. The molecule has 1 saturated heterocycles. The largest absolute Gasteiger partial charge is 0.353 e. The summed E-state index contributed by atoms with van der Waals surface area (Å²) in [4.78, 5) is 34.0. The fourth-order valence-corrected chi connectivity index (χ4v) is 3.88. The second kappa shape index (κ2) is 9.89. The molecule has 7 heteroatoms. The molecule has 0 spiro atoms. The molecule has 1 aromatic carbocycles. The van der Waals surface area contributed by atoms with E-state index in [0.717, 1.165) is 42.9 Å². The number of anilines is 2. The quantitative estimate of drug-likeness (QED) is 0.651. The van der Waals surface area contributed by atoms with Gasteiger partial charge in [0.05, 0.1) is 6.54 Å². The first-order valence-electron chi connectivity index (χ1n) is 10.8. The number of piperidine rings is 1. The Hall–Kier alpha value is -2.67. The Morgan fingerprint density at radius 1 is 1.23 bits per heavy atom. The molecule has 1 amide bonds. The van der Waals surface area contributed by atoms with Crippen LogP contribution >= 0.6 is 0 Å². The summed E-state index contributed by atoms with van der Waals surface area (Å²) in [5, 5.41) is 6.33. The van der Waals surface area contributed by atoms with Crippen molar-refractivity contribution in [3.8, 4) is 0 Å². The third-order valence-corrected chi connectivity index (χ3v) is 5.73. The lowest BCUT2D eigenvalue weighted by Gasteiger charge is -2.32. The van der Waals surface area contributed by atoms with E-state index >= 15 is 0 Å². The van der Waals surface area contributed by atoms with Crippen molar-refractivity contribution in [2.45, 2.75) is 58.9 Å². The Morgan fingerprint density at radius 2 is 1.90 bits per heavy atom. The summed E-state index contributed by atoms with van der Waals surface area (Å²) >= 11 is 0. The summed E-state index contributed by atoms with van der Waals surface area (Å²) in [6.45, 7) is 10.2. The molecule has 162 valence electrons. The summed E-state index contributed by atoms with van der Waals surface area (Å²) in [7, 11) is 0. The van der Waals surface area contributed by atoms with Crippen molar-refractivity contribution < 1.29 is 4.79 Å². The number of aromatic amines is 1. The number of hydrogen-bond acceptors (Lipinski definition) is 5. The van der Waals surface area contributed by atoms with Crippen LogP contribution in [0, 0.1) is 6.92 Å². The lowest BCUT2D eigenvalue weighted by molar-refractivity contribution is -0.117. The summed E-state index contributed by atoms with van der Waals surface area (Å²) in [5.74, 6) is 1.03. The number of nitrogens with zero attached hydrogens (tertiary/aromatic N) is 2. The average Bonchev–Trinajstić information content (AvgIpc) is 2.69. The molecule has 0 radical (unpaired) electrons. The number of nitrogens with one attached hydrogen (secondary N) is 3. The van der Waals surface area contributed by atoms with Crippen LogP contribution in [-0.4, -0.2) is 46.5 Å². The molecule has 0 saturated carbocycles. The maximum absolute atomic E-state index is 12.4. The standard InChI is InChI=1S/C23H33N5O2/c1-5-20-16(4)24-23(27-22(20)30)26-19-10-12-28(13-11-19)14-21(29)25-18-8-6-17(7-9-18)15(2)3/h6-9,15,19H,5,10-14H2,1-4H3,(H,25,29)(H2,24,26,27,30). The van der Waals surface area contributed by atoms with Crippen molar-refractivity contribution in [2.24, 2.45) is 0 Å². The van der Waals surface area contributed by atoms with Gasteiger partial charge in [0.15, 0.2) is 0 Å². The van der Waals surface area contributed by atoms with Gasteiger partial charge in [-0.3, -0.25) is 19.5 Å². The van der Waals surface area contributed by atoms with Crippen LogP contribution in [0.1, 0.15) is 56.4 Å². The molecule has 0 atom stereocenters. The van der Waals surface area contributed by atoms with Gasteiger partial charge < -0.3 is 10.6 Å². The minimum absolute atomic E-state index is 0.00971. The number of benzene rings is 1. The number of aryl methyl sites for hydroxylation is 1. The number of hydrogen-bond donors (Lipinski definition) is 3. The van der Waals surface area contributed by atoms with E-state index in [1.54, 1.807) is 0 Å². The number of carbonyl (C=O) groups excluding carboxylic acids is 1. The smallest absolute Gasteiger partial charge is 0.255 e. The Kier molecular flexibility index (Phi) is 7.26. The van der Waals surface area contributed by atoms with Crippen molar-refractivity contribution >= 4 is 17.5 Å². The minimum Gasteiger partial charge on any atom is -0.353 e. The molecular weight excluding hydrogens is 378 g/mol. The van der Waals surface area contributed by atoms with Crippen molar-refractivity contribution in [1.29, 1.82) is 0 Å². The van der Waals surface area contributed by atoms with E-state index in [-0.39, 0.29) is 17.5 Å². The summed E-state index contributed by atoms with van der Waals surface area (Å²) in [5.41, 5.74) is 3.54. The Bertz CT molecular complexity index is 912. The van der Waals surface area contributed by atoms with Crippen molar-refractivity contribution in [3.63, 3.8) is 0 Å². The lowest BCUT2D eigenvalue weighted by Crippen LogP contribution is -2.43. The topological polar surface area (TPSA) is 90.1 Å². The number of rotatable bonds is 7. The second-order valence-electron chi connectivity index (χ2n) is 8.35. The van der Waals surface area contributed by atoms with Gasteiger partial charge in [-0.1, -0.05) is 32.9 Å². The van der Waals surface area contributed by atoms with Crippen LogP contribution in [-0.2, 0) is 11.2 Å². The first kappa shape index (κ1) is 22.0. The van der Waals surface area contributed by atoms with Gasteiger partial charge in [0.25, 0.3) is 5.56 Å². The summed E-state index contributed by atoms with van der Waals surface area (Å²) in [6.07, 6.45) is 2.47. The van der Waals surface area contributed by atoms with Gasteiger partial charge in [0, 0.05) is 36.1 Å². The number of aromatic nitrogens is 2. The van der Waals surface area contributed by atoms with Crippen LogP contribution in [0.3, 0.4) is 0 Å². The highest BCUT2D eigenvalue weighted by Crippen LogP contribution is 2.18. The first-order valence-corrected chi connectivity index (χ1v) is 10.8. The van der Waals surface area contributed by atoms with Crippen molar-refractivity contribution in [3.05, 3.63) is 51.4 Å². The van der Waals surface area contributed by atoms with Crippen molar-refractivity contribution in [2.75, 3.05) is 30.3 Å². The zero-order valence-electron chi connectivity index (χ0n) is 18.4.